The average Bonchev–Trinajstić information content (AvgIpc) is 2.76. The van der Waals surface area contributed by atoms with Gasteiger partial charge in [-0.1, -0.05) is 18.2 Å². The van der Waals surface area contributed by atoms with Crippen molar-refractivity contribution in [2.45, 2.75) is 26.3 Å². The van der Waals surface area contributed by atoms with Crippen LogP contribution in [0.2, 0.25) is 0 Å². The Morgan fingerprint density at radius 2 is 2.00 bits per heavy atom. The SMILES string of the molecule is Cc1cc(=O)n(CC(=O)NC[C@@H]2CCCN(c3ncccn3)C2)c2ccccc12. The Balaban J connectivity index is 1.40. The maximum atomic E-state index is 12.6. The van der Waals surface area contributed by atoms with Crippen molar-refractivity contribution in [3.05, 3.63) is 64.7 Å². The van der Waals surface area contributed by atoms with Crippen LogP contribution in [0.3, 0.4) is 0 Å². The summed E-state index contributed by atoms with van der Waals surface area (Å²) in [7, 11) is 0. The summed E-state index contributed by atoms with van der Waals surface area (Å²) in [6.45, 7) is 4.27. The van der Waals surface area contributed by atoms with E-state index in [1.165, 1.54) is 0 Å². The zero-order chi connectivity index (χ0) is 20.2. The lowest BCUT2D eigenvalue weighted by atomic mass is 9.98. The molecular weight excluding hydrogens is 366 g/mol. The maximum absolute atomic E-state index is 12.6. The predicted molar refractivity (Wildman–Crippen MR) is 113 cm³/mol. The van der Waals surface area contributed by atoms with Gasteiger partial charge in [-0.05, 0) is 43.4 Å². The van der Waals surface area contributed by atoms with Crippen LogP contribution in [-0.2, 0) is 11.3 Å². The number of nitrogens with one attached hydrogen (secondary N) is 1. The Morgan fingerprint density at radius 1 is 1.21 bits per heavy atom. The van der Waals surface area contributed by atoms with Crippen molar-refractivity contribution in [2.24, 2.45) is 5.92 Å². The number of carbonyl (C=O) groups is 1. The van der Waals surface area contributed by atoms with Crippen LogP contribution in [0, 0.1) is 12.8 Å². The van der Waals surface area contributed by atoms with Gasteiger partial charge in [-0.2, -0.15) is 0 Å². The van der Waals surface area contributed by atoms with Crippen LogP contribution in [0.5, 0.6) is 0 Å². The average molecular weight is 391 g/mol. The van der Waals surface area contributed by atoms with Gasteiger partial charge in [-0.3, -0.25) is 14.2 Å². The number of anilines is 1. The molecule has 1 N–H and O–H groups in total. The molecule has 0 unspecified atom stereocenters. The number of para-hydroxylation sites is 1. The number of fused-ring (bicyclic) bond motifs is 1. The molecule has 3 heterocycles. The van der Waals surface area contributed by atoms with Gasteiger partial charge in [-0.15, -0.1) is 0 Å². The highest BCUT2D eigenvalue weighted by Crippen LogP contribution is 2.19. The number of hydrogen-bond donors (Lipinski definition) is 1. The zero-order valence-corrected chi connectivity index (χ0v) is 16.5. The third kappa shape index (κ3) is 4.29. The first kappa shape index (κ1) is 19.1. The number of aryl methyl sites for hydroxylation is 1. The molecule has 7 nitrogen and oxygen atoms in total. The predicted octanol–water partition coefficient (Wildman–Crippen LogP) is 2.13. The lowest BCUT2D eigenvalue weighted by Gasteiger charge is -2.32. The van der Waals surface area contributed by atoms with Gasteiger partial charge in [0.1, 0.15) is 6.54 Å². The van der Waals surface area contributed by atoms with Gasteiger partial charge in [0, 0.05) is 43.5 Å². The van der Waals surface area contributed by atoms with E-state index in [2.05, 4.69) is 20.2 Å². The van der Waals surface area contributed by atoms with Gasteiger partial charge < -0.3 is 10.2 Å². The van der Waals surface area contributed by atoms with Crippen molar-refractivity contribution in [1.82, 2.24) is 19.9 Å². The summed E-state index contributed by atoms with van der Waals surface area (Å²) in [6, 6.07) is 11.1. The first-order valence-corrected chi connectivity index (χ1v) is 9.99. The molecule has 7 heteroatoms. The van der Waals surface area contributed by atoms with E-state index in [0.717, 1.165) is 48.3 Å². The Kier molecular flexibility index (Phi) is 5.55. The molecule has 150 valence electrons. The summed E-state index contributed by atoms with van der Waals surface area (Å²) in [6.07, 6.45) is 5.59. The first-order valence-electron chi connectivity index (χ1n) is 9.99. The largest absolute Gasteiger partial charge is 0.354 e. The van der Waals surface area contributed by atoms with E-state index < -0.39 is 0 Å². The highest BCUT2D eigenvalue weighted by atomic mass is 16.2. The number of piperidine rings is 1. The quantitative estimate of drug-likeness (QED) is 0.721. The van der Waals surface area contributed by atoms with Crippen molar-refractivity contribution in [3.8, 4) is 0 Å². The lowest BCUT2D eigenvalue weighted by molar-refractivity contribution is -0.121. The fourth-order valence-electron chi connectivity index (χ4n) is 3.99. The van der Waals surface area contributed by atoms with Crippen LogP contribution in [0.4, 0.5) is 5.95 Å². The number of rotatable bonds is 5. The van der Waals surface area contributed by atoms with Gasteiger partial charge >= 0.3 is 0 Å². The van der Waals surface area contributed by atoms with Crippen molar-refractivity contribution in [3.63, 3.8) is 0 Å². The van der Waals surface area contributed by atoms with E-state index in [9.17, 15) is 9.59 Å². The first-order chi connectivity index (χ1) is 14.1. The van der Waals surface area contributed by atoms with Crippen LogP contribution in [0.1, 0.15) is 18.4 Å². The molecule has 1 amide bonds. The molecule has 0 spiro atoms. The van der Waals surface area contributed by atoms with E-state index in [0.29, 0.717) is 12.5 Å². The van der Waals surface area contributed by atoms with Crippen LogP contribution >= 0.6 is 0 Å². The molecule has 1 saturated heterocycles. The van der Waals surface area contributed by atoms with Gasteiger partial charge in [0.15, 0.2) is 0 Å². The topological polar surface area (TPSA) is 80.1 Å². The minimum absolute atomic E-state index is 0.0257. The van der Waals surface area contributed by atoms with Crippen molar-refractivity contribution >= 4 is 22.8 Å². The molecule has 0 aliphatic carbocycles. The summed E-state index contributed by atoms with van der Waals surface area (Å²) >= 11 is 0. The molecule has 1 fully saturated rings. The highest BCUT2D eigenvalue weighted by Gasteiger charge is 2.22. The minimum Gasteiger partial charge on any atom is -0.354 e. The summed E-state index contributed by atoms with van der Waals surface area (Å²) in [5, 5.41) is 4.00. The van der Waals surface area contributed by atoms with E-state index >= 15 is 0 Å². The molecule has 0 radical (unpaired) electrons. The molecule has 2 aromatic heterocycles. The molecule has 0 bridgehead atoms. The van der Waals surface area contributed by atoms with Gasteiger partial charge in [0.25, 0.3) is 5.56 Å². The zero-order valence-electron chi connectivity index (χ0n) is 16.5. The molecule has 1 aliphatic heterocycles. The molecule has 29 heavy (non-hydrogen) atoms. The summed E-state index contributed by atoms with van der Waals surface area (Å²) in [4.78, 5) is 35.8. The number of nitrogens with zero attached hydrogens (tertiary/aromatic N) is 4. The van der Waals surface area contributed by atoms with E-state index in [-0.39, 0.29) is 18.0 Å². The number of pyridine rings is 1. The minimum atomic E-state index is -0.151. The monoisotopic (exact) mass is 391 g/mol. The van der Waals surface area contributed by atoms with Gasteiger partial charge in [0.2, 0.25) is 11.9 Å². The Bertz CT molecular complexity index is 1060. The second kappa shape index (κ2) is 8.43. The third-order valence-corrected chi connectivity index (χ3v) is 5.47. The van der Waals surface area contributed by atoms with E-state index in [4.69, 9.17) is 0 Å². The molecule has 3 aromatic rings. The number of hydrogen-bond acceptors (Lipinski definition) is 5. The smallest absolute Gasteiger partial charge is 0.251 e. The number of amides is 1. The van der Waals surface area contributed by atoms with Crippen LogP contribution < -0.4 is 15.8 Å². The number of aromatic nitrogens is 3. The molecule has 0 saturated carbocycles. The Morgan fingerprint density at radius 3 is 2.83 bits per heavy atom. The second-order valence-electron chi connectivity index (χ2n) is 7.58. The number of carbonyl (C=O) groups excluding carboxylic acids is 1. The summed E-state index contributed by atoms with van der Waals surface area (Å²) in [5.41, 5.74) is 1.56. The fourth-order valence-corrected chi connectivity index (χ4v) is 3.99. The molecular formula is C22H25N5O2. The van der Waals surface area contributed by atoms with Crippen molar-refractivity contribution in [2.75, 3.05) is 24.5 Å². The summed E-state index contributed by atoms with van der Waals surface area (Å²) in [5.74, 6) is 0.929. The normalized spacial score (nSPS) is 16.7. The van der Waals surface area contributed by atoms with Crippen LogP contribution in [0.15, 0.2) is 53.6 Å². The fraction of sp³-hybridized carbons (Fsp3) is 0.364. The van der Waals surface area contributed by atoms with E-state index in [1.807, 2.05) is 37.3 Å². The Hall–Kier alpha value is -3.22. The van der Waals surface area contributed by atoms with Crippen molar-refractivity contribution in [1.29, 1.82) is 0 Å². The van der Waals surface area contributed by atoms with Crippen molar-refractivity contribution < 1.29 is 4.79 Å². The molecule has 1 atom stereocenters. The Labute approximate surface area is 169 Å². The number of benzene rings is 1. The van der Waals surface area contributed by atoms with Gasteiger partial charge in [-0.25, -0.2) is 9.97 Å². The second-order valence-corrected chi connectivity index (χ2v) is 7.58. The summed E-state index contributed by atoms with van der Waals surface area (Å²) < 4.78 is 1.54. The molecule has 1 aliphatic rings. The standard InChI is InChI=1S/C22H25N5O2/c1-16-12-21(29)27(19-8-3-2-7-18(16)19)15-20(28)25-13-17-6-4-11-26(14-17)22-23-9-5-10-24-22/h2-3,5,7-10,12,17H,4,6,11,13-15H2,1H3,(H,25,28)/t17-/m0/s1. The third-order valence-electron chi connectivity index (χ3n) is 5.47. The highest BCUT2D eigenvalue weighted by molar-refractivity contribution is 5.84. The van der Waals surface area contributed by atoms with E-state index in [1.54, 1.807) is 23.0 Å². The van der Waals surface area contributed by atoms with Crippen LogP contribution in [-0.4, -0.2) is 40.1 Å². The van der Waals surface area contributed by atoms with Gasteiger partial charge in [0.05, 0.1) is 5.52 Å². The maximum Gasteiger partial charge on any atom is 0.251 e. The molecule has 1 aromatic carbocycles. The lowest BCUT2D eigenvalue weighted by Crippen LogP contribution is -2.42. The molecule has 4 rings (SSSR count). The van der Waals surface area contributed by atoms with Crippen LogP contribution in [0.25, 0.3) is 10.9 Å².